The number of hydrogen-bond donors (Lipinski definition) is 1. The number of carbonyl (C=O) groups is 2. The molecule has 5 nitrogen and oxygen atoms in total. The van der Waals surface area contributed by atoms with Crippen molar-refractivity contribution in [3.05, 3.63) is 75.4 Å². The minimum absolute atomic E-state index is 0.211. The molecule has 1 aliphatic heterocycles. The number of benzene rings is 2. The fourth-order valence-corrected chi connectivity index (χ4v) is 2.57. The van der Waals surface area contributed by atoms with Crippen LogP contribution in [0.25, 0.3) is 6.08 Å². The van der Waals surface area contributed by atoms with Gasteiger partial charge in [0.2, 0.25) is 0 Å². The Morgan fingerprint density at radius 3 is 2.38 bits per heavy atom. The van der Waals surface area contributed by atoms with Crippen LogP contribution in [0.2, 0.25) is 0 Å². The molecule has 1 aliphatic rings. The van der Waals surface area contributed by atoms with Gasteiger partial charge in [-0.15, -0.1) is 0 Å². The van der Waals surface area contributed by atoms with E-state index in [1.807, 2.05) is 30.3 Å². The summed E-state index contributed by atoms with van der Waals surface area (Å²) in [5, 5.41) is 11.4. The lowest BCUT2D eigenvalue weighted by molar-refractivity contribution is -0.123. The number of amides is 3. The number of halogens is 1. The summed E-state index contributed by atoms with van der Waals surface area (Å²) in [4.78, 5) is 25.7. The van der Waals surface area contributed by atoms with Gasteiger partial charge in [0.15, 0.2) is 0 Å². The lowest BCUT2D eigenvalue weighted by atomic mass is 10.1. The summed E-state index contributed by atoms with van der Waals surface area (Å²) < 4.78 is 0.935. The summed E-state index contributed by atoms with van der Waals surface area (Å²) in [5.74, 6) is -0.368. The third-order valence-corrected chi connectivity index (χ3v) is 4.10. The molecule has 0 unspecified atom stereocenters. The number of nitrogens with zero attached hydrogens (tertiary/aromatic N) is 2. The van der Waals surface area contributed by atoms with E-state index in [1.54, 1.807) is 30.3 Å². The average molecular weight is 382 g/mol. The molecule has 1 fully saturated rings. The van der Waals surface area contributed by atoms with Crippen molar-refractivity contribution in [2.45, 2.75) is 6.54 Å². The lowest BCUT2D eigenvalue weighted by Gasteiger charge is -2.11. The monoisotopic (exact) mass is 381 g/mol. The fraction of sp³-hybridized carbons (Fsp3) is 0.0556. The molecule has 0 atom stereocenters. The topological polar surface area (TPSA) is 73.2 Å². The lowest BCUT2D eigenvalue weighted by Crippen LogP contribution is -2.30. The minimum atomic E-state index is -0.442. The molecular weight excluding hydrogens is 370 g/mol. The molecule has 0 aromatic heterocycles. The molecule has 24 heavy (non-hydrogen) atoms. The van der Waals surface area contributed by atoms with Gasteiger partial charge in [0.1, 0.15) is 5.70 Å². The summed E-state index contributed by atoms with van der Waals surface area (Å²) in [7, 11) is 0. The normalized spacial score (nSPS) is 15.5. The smallest absolute Gasteiger partial charge is 0.303 e. The summed E-state index contributed by atoms with van der Waals surface area (Å²) >= 11 is 3.35. The van der Waals surface area contributed by atoms with Crippen LogP contribution in [-0.4, -0.2) is 16.8 Å². The highest BCUT2D eigenvalue weighted by molar-refractivity contribution is 9.10. The number of urea groups is 1. The van der Waals surface area contributed by atoms with Gasteiger partial charge in [0, 0.05) is 4.47 Å². The van der Waals surface area contributed by atoms with Crippen LogP contribution >= 0.6 is 15.9 Å². The minimum Gasteiger partial charge on any atom is -0.303 e. The maximum atomic E-state index is 12.4. The zero-order valence-electron chi connectivity index (χ0n) is 12.5. The number of imide groups is 1. The van der Waals surface area contributed by atoms with Crippen LogP contribution in [-0.2, 0) is 11.3 Å². The van der Waals surface area contributed by atoms with E-state index < -0.39 is 6.03 Å². The Kier molecular flexibility index (Phi) is 4.45. The maximum absolute atomic E-state index is 12.4. The number of nitriles is 1. The van der Waals surface area contributed by atoms with Crippen molar-refractivity contribution in [3.63, 3.8) is 0 Å². The number of rotatable bonds is 3. The Labute approximate surface area is 147 Å². The van der Waals surface area contributed by atoms with Crippen LogP contribution in [0.15, 0.2) is 58.7 Å². The van der Waals surface area contributed by atoms with E-state index in [-0.39, 0.29) is 18.1 Å². The molecule has 118 valence electrons. The van der Waals surface area contributed by atoms with Gasteiger partial charge < -0.3 is 5.32 Å². The zero-order chi connectivity index (χ0) is 17.1. The number of hydrogen-bond acceptors (Lipinski definition) is 3. The molecule has 6 heteroatoms. The third-order valence-electron chi connectivity index (χ3n) is 3.57. The Balaban J connectivity index is 1.79. The van der Waals surface area contributed by atoms with Crippen LogP contribution in [0.5, 0.6) is 0 Å². The van der Waals surface area contributed by atoms with Gasteiger partial charge in [-0.1, -0.05) is 40.2 Å². The Hall–Kier alpha value is -2.91. The Morgan fingerprint density at radius 2 is 1.75 bits per heavy atom. The van der Waals surface area contributed by atoms with Crippen LogP contribution in [0, 0.1) is 11.3 Å². The van der Waals surface area contributed by atoms with Gasteiger partial charge in [0.25, 0.3) is 5.91 Å². The van der Waals surface area contributed by atoms with Crippen LogP contribution < -0.4 is 5.32 Å². The van der Waals surface area contributed by atoms with Gasteiger partial charge in [-0.2, -0.15) is 5.26 Å². The van der Waals surface area contributed by atoms with Crippen molar-refractivity contribution in [1.29, 1.82) is 5.26 Å². The summed E-state index contributed by atoms with van der Waals surface area (Å²) in [6, 6.07) is 15.8. The molecule has 0 aliphatic carbocycles. The van der Waals surface area contributed by atoms with Gasteiger partial charge in [-0.25, -0.2) is 4.79 Å². The standard InChI is InChI=1S/C18H12BrN3O2/c19-15-7-5-14(6-8-15)11-22-17(23)16(21-18(22)24)9-12-1-3-13(10-20)4-2-12/h1-9H,11H2,(H,21,24)/b16-9+. The van der Waals surface area contributed by atoms with Crippen molar-refractivity contribution < 1.29 is 9.59 Å². The highest BCUT2D eigenvalue weighted by Crippen LogP contribution is 2.18. The zero-order valence-corrected chi connectivity index (χ0v) is 14.1. The van der Waals surface area contributed by atoms with Gasteiger partial charge in [-0.05, 0) is 41.5 Å². The molecule has 1 heterocycles. The largest absolute Gasteiger partial charge is 0.329 e. The molecule has 1 N–H and O–H groups in total. The van der Waals surface area contributed by atoms with Crippen molar-refractivity contribution in [3.8, 4) is 6.07 Å². The summed E-state index contributed by atoms with van der Waals surface area (Å²) in [6.45, 7) is 0.211. The molecule has 2 aromatic rings. The molecule has 0 bridgehead atoms. The first-order valence-electron chi connectivity index (χ1n) is 7.16. The highest BCUT2D eigenvalue weighted by atomic mass is 79.9. The molecule has 0 radical (unpaired) electrons. The summed E-state index contributed by atoms with van der Waals surface area (Å²) in [5.41, 5.74) is 2.36. The van der Waals surface area contributed by atoms with Crippen molar-refractivity contribution in [2.75, 3.05) is 0 Å². The van der Waals surface area contributed by atoms with E-state index in [1.165, 1.54) is 4.90 Å². The Morgan fingerprint density at radius 1 is 1.08 bits per heavy atom. The average Bonchev–Trinajstić information content (AvgIpc) is 2.85. The van der Waals surface area contributed by atoms with Crippen LogP contribution in [0.3, 0.4) is 0 Å². The van der Waals surface area contributed by atoms with Gasteiger partial charge in [0.05, 0.1) is 18.2 Å². The van der Waals surface area contributed by atoms with E-state index >= 15 is 0 Å². The van der Waals surface area contributed by atoms with Crippen molar-refractivity contribution in [2.24, 2.45) is 0 Å². The number of carbonyl (C=O) groups excluding carboxylic acids is 2. The Bertz CT molecular complexity index is 865. The van der Waals surface area contributed by atoms with Crippen LogP contribution in [0.1, 0.15) is 16.7 Å². The predicted molar refractivity (Wildman–Crippen MR) is 92.4 cm³/mol. The van der Waals surface area contributed by atoms with Gasteiger partial charge >= 0.3 is 6.03 Å². The molecule has 3 amide bonds. The molecule has 0 saturated carbocycles. The fourth-order valence-electron chi connectivity index (χ4n) is 2.31. The molecule has 3 rings (SSSR count). The van der Waals surface area contributed by atoms with E-state index in [9.17, 15) is 9.59 Å². The second kappa shape index (κ2) is 6.69. The van der Waals surface area contributed by atoms with Crippen molar-refractivity contribution >= 4 is 33.9 Å². The van der Waals surface area contributed by atoms with E-state index in [0.717, 1.165) is 15.6 Å². The van der Waals surface area contributed by atoms with E-state index in [4.69, 9.17) is 5.26 Å². The second-order valence-electron chi connectivity index (χ2n) is 5.24. The number of nitrogens with one attached hydrogen (secondary N) is 1. The van der Waals surface area contributed by atoms with Crippen molar-refractivity contribution in [1.82, 2.24) is 10.2 Å². The molecular formula is C18H12BrN3O2. The SMILES string of the molecule is N#Cc1ccc(/C=C2/NC(=O)N(Cc3ccc(Br)cc3)C2=O)cc1. The third kappa shape index (κ3) is 3.36. The second-order valence-corrected chi connectivity index (χ2v) is 6.16. The first kappa shape index (κ1) is 16.0. The van der Waals surface area contributed by atoms with Crippen LogP contribution in [0.4, 0.5) is 4.79 Å². The van der Waals surface area contributed by atoms with Gasteiger partial charge in [-0.3, -0.25) is 9.69 Å². The summed E-state index contributed by atoms with van der Waals surface area (Å²) in [6.07, 6.45) is 1.60. The predicted octanol–water partition coefficient (Wildman–Crippen LogP) is 3.41. The first-order valence-corrected chi connectivity index (χ1v) is 7.95. The maximum Gasteiger partial charge on any atom is 0.329 e. The van der Waals surface area contributed by atoms with E-state index in [0.29, 0.717) is 5.56 Å². The molecule has 1 saturated heterocycles. The first-order chi connectivity index (χ1) is 11.6. The van der Waals surface area contributed by atoms with E-state index in [2.05, 4.69) is 21.2 Å². The quantitative estimate of drug-likeness (QED) is 0.653. The highest BCUT2D eigenvalue weighted by Gasteiger charge is 2.33. The molecule has 2 aromatic carbocycles. The molecule has 0 spiro atoms.